The molecule has 4 bridgehead atoms. The molecule has 1 aromatic heterocycles. The highest BCUT2D eigenvalue weighted by Gasteiger charge is 2.51. The van der Waals surface area contributed by atoms with Gasteiger partial charge in [0.1, 0.15) is 6.54 Å². The van der Waals surface area contributed by atoms with E-state index in [0.717, 1.165) is 48.5 Å². The summed E-state index contributed by atoms with van der Waals surface area (Å²) in [6, 6.07) is 3.54. The Hall–Kier alpha value is -1.40. The van der Waals surface area contributed by atoms with Gasteiger partial charge in [0.25, 0.3) is 5.91 Å². The molecule has 5 rings (SSSR count). The summed E-state index contributed by atoms with van der Waals surface area (Å²) in [5.41, 5.74) is -0.0575. The van der Waals surface area contributed by atoms with Gasteiger partial charge in [0.05, 0.1) is 11.9 Å². The second kappa shape index (κ2) is 6.97. The van der Waals surface area contributed by atoms with E-state index in [1.807, 2.05) is 25.4 Å². The molecule has 4 aliphatic rings. The molecule has 4 aliphatic carbocycles. The largest absolute Gasteiger partial charge is 0.332 e. The van der Waals surface area contributed by atoms with E-state index < -0.39 is 0 Å². The van der Waals surface area contributed by atoms with Gasteiger partial charge in [-0.1, -0.05) is 6.07 Å². The van der Waals surface area contributed by atoms with Crippen molar-refractivity contribution < 1.29 is 14.5 Å². The molecule has 0 saturated heterocycles. The molecule has 2 atom stereocenters. The van der Waals surface area contributed by atoms with Crippen molar-refractivity contribution in [3.05, 3.63) is 22.4 Å². The maximum Gasteiger partial charge on any atom is 0.322 e. The highest BCUT2D eigenvalue weighted by molar-refractivity contribution is 7.09. The van der Waals surface area contributed by atoms with E-state index >= 15 is 0 Å². The summed E-state index contributed by atoms with van der Waals surface area (Å²) in [5, 5.41) is 7.87. The van der Waals surface area contributed by atoms with Crippen LogP contribution in [0.2, 0.25) is 0 Å². The third-order valence-electron chi connectivity index (χ3n) is 6.82. The van der Waals surface area contributed by atoms with Crippen LogP contribution in [-0.2, 0) is 11.3 Å². The average Bonchev–Trinajstić information content (AvgIpc) is 3.04. The first-order valence-electron chi connectivity index (χ1n) is 9.90. The van der Waals surface area contributed by atoms with Gasteiger partial charge in [0.15, 0.2) is 6.04 Å². The molecule has 0 spiro atoms. The van der Waals surface area contributed by atoms with Crippen LogP contribution in [0, 0.1) is 17.8 Å². The van der Waals surface area contributed by atoms with Crippen LogP contribution >= 0.6 is 11.3 Å². The predicted octanol–water partition coefficient (Wildman–Crippen LogP) is 1.95. The zero-order valence-electron chi connectivity index (χ0n) is 15.7. The Morgan fingerprint density at radius 2 is 1.85 bits per heavy atom. The van der Waals surface area contributed by atoms with Crippen LogP contribution in [0.15, 0.2) is 17.5 Å². The lowest BCUT2D eigenvalue weighted by molar-refractivity contribution is -0.907. The van der Waals surface area contributed by atoms with Crippen molar-refractivity contribution in [3.8, 4) is 0 Å². The Morgan fingerprint density at radius 1 is 1.23 bits per heavy atom. The molecule has 4 fully saturated rings. The van der Waals surface area contributed by atoms with E-state index in [4.69, 9.17) is 0 Å². The van der Waals surface area contributed by atoms with Crippen LogP contribution in [0.5, 0.6) is 0 Å². The number of carbonyl (C=O) groups excluding carboxylic acids is 2. The van der Waals surface area contributed by atoms with Gasteiger partial charge in [-0.25, -0.2) is 4.79 Å². The minimum atomic E-state index is -0.298. The molecule has 1 unspecified atom stereocenters. The Morgan fingerprint density at radius 3 is 2.38 bits per heavy atom. The molecule has 1 heterocycles. The van der Waals surface area contributed by atoms with Crippen molar-refractivity contribution in [2.75, 3.05) is 7.05 Å². The summed E-state index contributed by atoms with van der Waals surface area (Å²) in [5.74, 6) is 2.13. The zero-order valence-corrected chi connectivity index (χ0v) is 16.5. The van der Waals surface area contributed by atoms with Crippen molar-refractivity contribution in [3.63, 3.8) is 0 Å². The standard InChI is InChI=1S/C20H29N3O2S/c1-13(23(2)12-17-4-3-5-26-17)18(24)21-19(25)22-20-9-14-6-15(10-20)8-16(7-14)11-20/h3-5,13-16H,6-12H2,1-2H3,(H2,21,22,24,25)/p+1/t13-,14?,15?,16?,20?/m0/s1. The summed E-state index contributed by atoms with van der Waals surface area (Å²) >= 11 is 1.70. The van der Waals surface area contributed by atoms with Gasteiger partial charge in [-0.15, -0.1) is 11.3 Å². The van der Waals surface area contributed by atoms with Crippen molar-refractivity contribution >= 4 is 23.3 Å². The molecular weight excluding hydrogens is 346 g/mol. The maximum absolute atomic E-state index is 12.5. The summed E-state index contributed by atoms with van der Waals surface area (Å²) in [6.07, 6.45) is 7.32. The molecular formula is C20H30N3O2S+. The first-order chi connectivity index (χ1) is 12.4. The van der Waals surface area contributed by atoms with Crippen molar-refractivity contribution in [2.45, 2.75) is 63.6 Å². The van der Waals surface area contributed by atoms with E-state index in [1.54, 1.807) is 11.3 Å². The number of quaternary nitrogens is 1. The molecule has 0 aliphatic heterocycles. The van der Waals surface area contributed by atoms with Gasteiger partial charge in [-0.3, -0.25) is 10.1 Å². The van der Waals surface area contributed by atoms with E-state index in [1.165, 1.54) is 24.1 Å². The number of amides is 3. The minimum Gasteiger partial charge on any atom is -0.332 e. The van der Waals surface area contributed by atoms with Gasteiger partial charge in [-0.2, -0.15) is 0 Å². The van der Waals surface area contributed by atoms with E-state index in [2.05, 4.69) is 16.7 Å². The molecule has 3 N–H and O–H groups in total. The monoisotopic (exact) mass is 376 g/mol. The number of likely N-dealkylation sites (N-methyl/N-ethyl adjacent to an activating group) is 1. The van der Waals surface area contributed by atoms with Crippen LogP contribution in [0.3, 0.4) is 0 Å². The lowest BCUT2D eigenvalue weighted by atomic mass is 9.53. The Bertz CT molecular complexity index is 637. The van der Waals surface area contributed by atoms with E-state index in [9.17, 15) is 9.59 Å². The third kappa shape index (κ3) is 3.67. The van der Waals surface area contributed by atoms with Crippen LogP contribution in [0.25, 0.3) is 0 Å². The first-order valence-corrected chi connectivity index (χ1v) is 10.8. The Balaban J connectivity index is 1.31. The normalized spacial score (nSPS) is 34.3. The molecule has 3 amide bonds. The lowest BCUT2D eigenvalue weighted by Gasteiger charge is -2.56. The topological polar surface area (TPSA) is 62.6 Å². The number of rotatable bonds is 5. The van der Waals surface area contributed by atoms with Crippen molar-refractivity contribution in [1.82, 2.24) is 10.6 Å². The SMILES string of the molecule is C[C@@H](C(=O)NC(=O)NC12CC3CC(CC(C3)C1)C2)[NH+](C)Cc1cccs1. The summed E-state index contributed by atoms with van der Waals surface area (Å²) in [6.45, 7) is 2.68. The maximum atomic E-state index is 12.5. The zero-order chi connectivity index (χ0) is 18.3. The van der Waals surface area contributed by atoms with E-state index in [0.29, 0.717) is 0 Å². The number of hydrogen-bond donors (Lipinski definition) is 3. The van der Waals surface area contributed by atoms with Crippen molar-refractivity contribution in [2.24, 2.45) is 17.8 Å². The number of imide groups is 1. The molecule has 0 aromatic carbocycles. The molecule has 6 heteroatoms. The smallest absolute Gasteiger partial charge is 0.322 e. The lowest BCUT2D eigenvalue weighted by Crippen LogP contribution is -3.12. The summed E-state index contributed by atoms with van der Waals surface area (Å²) in [7, 11) is 2.00. The minimum absolute atomic E-state index is 0.0575. The highest BCUT2D eigenvalue weighted by atomic mass is 32.1. The number of thiophene rings is 1. The van der Waals surface area contributed by atoms with Crippen LogP contribution in [0.4, 0.5) is 4.79 Å². The second-order valence-electron chi connectivity index (χ2n) is 8.97. The number of hydrogen-bond acceptors (Lipinski definition) is 3. The third-order valence-corrected chi connectivity index (χ3v) is 7.70. The number of urea groups is 1. The van der Waals surface area contributed by atoms with Gasteiger partial charge >= 0.3 is 6.03 Å². The van der Waals surface area contributed by atoms with Gasteiger partial charge in [0.2, 0.25) is 0 Å². The average molecular weight is 377 g/mol. The summed E-state index contributed by atoms with van der Waals surface area (Å²) in [4.78, 5) is 27.4. The molecule has 26 heavy (non-hydrogen) atoms. The fraction of sp³-hybridized carbons (Fsp3) is 0.700. The Labute approximate surface area is 159 Å². The Kier molecular flexibility index (Phi) is 4.82. The van der Waals surface area contributed by atoms with Crippen LogP contribution in [0.1, 0.15) is 50.3 Å². The molecule has 4 saturated carbocycles. The molecule has 142 valence electrons. The summed E-state index contributed by atoms with van der Waals surface area (Å²) < 4.78 is 0. The van der Waals surface area contributed by atoms with E-state index in [-0.39, 0.29) is 23.5 Å². The molecule has 5 nitrogen and oxygen atoms in total. The fourth-order valence-electron chi connectivity index (χ4n) is 5.82. The number of nitrogens with one attached hydrogen (secondary N) is 3. The first kappa shape index (κ1) is 18.0. The highest BCUT2D eigenvalue weighted by Crippen LogP contribution is 2.55. The van der Waals surface area contributed by atoms with Crippen LogP contribution in [-0.4, -0.2) is 30.6 Å². The van der Waals surface area contributed by atoms with Gasteiger partial charge in [-0.05, 0) is 74.6 Å². The van der Waals surface area contributed by atoms with Gasteiger partial charge < -0.3 is 10.2 Å². The predicted molar refractivity (Wildman–Crippen MR) is 102 cm³/mol. The second-order valence-corrected chi connectivity index (χ2v) is 10.00. The fourth-order valence-corrected chi connectivity index (χ4v) is 6.62. The molecule has 1 aromatic rings. The molecule has 0 radical (unpaired) electrons. The quantitative estimate of drug-likeness (QED) is 0.735. The van der Waals surface area contributed by atoms with Crippen molar-refractivity contribution in [1.29, 1.82) is 0 Å². The van der Waals surface area contributed by atoms with Crippen LogP contribution < -0.4 is 15.5 Å². The van der Waals surface area contributed by atoms with Gasteiger partial charge in [0, 0.05) is 5.54 Å². The number of carbonyl (C=O) groups is 2.